The van der Waals surface area contributed by atoms with E-state index in [1.54, 1.807) is 0 Å². The van der Waals surface area contributed by atoms with E-state index in [-0.39, 0.29) is 5.91 Å². The highest BCUT2D eigenvalue weighted by atomic mass is 16.3. The molecule has 1 saturated carbocycles. The van der Waals surface area contributed by atoms with Crippen molar-refractivity contribution >= 4 is 5.91 Å². The van der Waals surface area contributed by atoms with E-state index in [1.165, 1.54) is 5.56 Å². The van der Waals surface area contributed by atoms with E-state index in [0.717, 1.165) is 58.4 Å². The predicted molar refractivity (Wildman–Crippen MR) is 86.3 cm³/mol. The van der Waals surface area contributed by atoms with Crippen LogP contribution >= 0.6 is 0 Å². The van der Waals surface area contributed by atoms with E-state index in [4.69, 9.17) is 0 Å². The van der Waals surface area contributed by atoms with Gasteiger partial charge in [0.1, 0.15) is 0 Å². The summed E-state index contributed by atoms with van der Waals surface area (Å²) < 4.78 is 0. The van der Waals surface area contributed by atoms with Crippen molar-refractivity contribution in [3.63, 3.8) is 0 Å². The molecule has 4 nitrogen and oxygen atoms in total. The molecule has 1 aromatic carbocycles. The number of amides is 1. The van der Waals surface area contributed by atoms with E-state index < -0.39 is 5.60 Å². The van der Waals surface area contributed by atoms with Gasteiger partial charge in [-0.2, -0.15) is 0 Å². The molecule has 120 valence electrons. The fourth-order valence-electron chi connectivity index (χ4n) is 3.60. The lowest BCUT2D eigenvalue weighted by Gasteiger charge is -2.36. The normalized spacial score (nSPS) is 22.0. The van der Waals surface area contributed by atoms with E-state index in [1.807, 2.05) is 11.0 Å². The fourth-order valence-corrected chi connectivity index (χ4v) is 3.60. The van der Waals surface area contributed by atoms with Crippen molar-refractivity contribution in [2.75, 3.05) is 26.2 Å². The van der Waals surface area contributed by atoms with Gasteiger partial charge in [0.05, 0.1) is 12.0 Å². The van der Waals surface area contributed by atoms with Gasteiger partial charge in [-0.05, 0) is 18.4 Å². The summed E-state index contributed by atoms with van der Waals surface area (Å²) in [5.41, 5.74) is 0.598. The zero-order chi connectivity index (χ0) is 15.4. The molecule has 0 bridgehead atoms. The zero-order valence-corrected chi connectivity index (χ0v) is 13.2. The lowest BCUT2D eigenvalue weighted by molar-refractivity contribution is -0.138. The van der Waals surface area contributed by atoms with Gasteiger partial charge in [-0.15, -0.1) is 0 Å². The van der Waals surface area contributed by atoms with Crippen molar-refractivity contribution < 1.29 is 9.90 Å². The number of hydrogen-bond donors (Lipinski definition) is 1. The first-order valence-corrected chi connectivity index (χ1v) is 8.41. The maximum Gasteiger partial charge on any atom is 0.225 e. The summed E-state index contributed by atoms with van der Waals surface area (Å²) >= 11 is 0. The molecule has 1 saturated heterocycles. The molecule has 1 N–H and O–H groups in total. The van der Waals surface area contributed by atoms with Crippen molar-refractivity contribution in [2.45, 2.75) is 44.2 Å². The van der Waals surface area contributed by atoms with Crippen molar-refractivity contribution in [1.82, 2.24) is 9.80 Å². The number of benzene rings is 1. The highest BCUT2D eigenvalue weighted by molar-refractivity contribution is 5.77. The van der Waals surface area contributed by atoms with Gasteiger partial charge in [0.25, 0.3) is 0 Å². The van der Waals surface area contributed by atoms with Gasteiger partial charge in [0, 0.05) is 32.7 Å². The van der Waals surface area contributed by atoms with Crippen LogP contribution in [0.5, 0.6) is 0 Å². The van der Waals surface area contributed by atoms with E-state index in [9.17, 15) is 9.90 Å². The van der Waals surface area contributed by atoms with Gasteiger partial charge in [-0.25, -0.2) is 0 Å². The Morgan fingerprint density at radius 2 is 1.68 bits per heavy atom. The minimum Gasteiger partial charge on any atom is -0.389 e. The van der Waals surface area contributed by atoms with Crippen molar-refractivity contribution in [1.29, 1.82) is 0 Å². The molecule has 0 radical (unpaired) electrons. The number of nitrogens with zero attached hydrogens (tertiary/aromatic N) is 2. The fraction of sp³-hybridized carbons (Fsp3) is 0.611. The second kappa shape index (κ2) is 6.80. The summed E-state index contributed by atoms with van der Waals surface area (Å²) in [5.74, 6) is 0.128. The summed E-state index contributed by atoms with van der Waals surface area (Å²) in [7, 11) is 0. The lowest BCUT2D eigenvalue weighted by atomic mass is 9.97. The molecule has 2 aliphatic rings. The van der Waals surface area contributed by atoms with Crippen LogP contribution in [0.2, 0.25) is 0 Å². The van der Waals surface area contributed by atoms with Crippen molar-refractivity contribution in [3.8, 4) is 0 Å². The van der Waals surface area contributed by atoms with Crippen LogP contribution in [0.25, 0.3) is 0 Å². The Morgan fingerprint density at radius 1 is 1.05 bits per heavy atom. The third kappa shape index (κ3) is 3.87. The molecule has 0 spiro atoms. The standard InChI is InChI=1S/C18H26N2O2/c21-17(14-18(22)8-4-5-9-18)20-12-10-19(11-13-20)15-16-6-2-1-3-7-16/h1-3,6-7,22H,4-5,8-15H2. The summed E-state index contributed by atoms with van der Waals surface area (Å²) in [4.78, 5) is 16.7. The second-order valence-corrected chi connectivity index (χ2v) is 6.75. The van der Waals surface area contributed by atoms with Crippen LogP contribution in [0.15, 0.2) is 30.3 Å². The Bertz CT molecular complexity index is 489. The van der Waals surface area contributed by atoms with Crippen LogP contribution in [0.4, 0.5) is 0 Å². The third-order valence-corrected chi connectivity index (χ3v) is 4.99. The zero-order valence-electron chi connectivity index (χ0n) is 13.2. The molecule has 3 rings (SSSR count). The first kappa shape index (κ1) is 15.5. The Labute approximate surface area is 132 Å². The molecule has 1 aliphatic heterocycles. The van der Waals surface area contributed by atoms with Crippen molar-refractivity contribution in [2.24, 2.45) is 0 Å². The quantitative estimate of drug-likeness (QED) is 0.925. The first-order valence-electron chi connectivity index (χ1n) is 8.41. The molecule has 22 heavy (non-hydrogen) atoms. The molecule has 1 amide bonds. The van der Waals surface area contributed by atoms with Crippen LogP contribution in [-0.4, -0.2) is 52.6 Å². The third-order valence-electron chi connectivity index (χ3n) is 4.99. The van der Waals surface area contributed by atoms with E-state index in [2.05, 4.69) is 29.2 Å². The summed E-state index contributed by atoms with van der Waals surface area (Å²) in [5, 5.41) is 10.4. The number of piperazine rings is 1. The average molecular weight is 302 g/mol. The second-order valence-electron chi connectivity index (χ2n) is 6.75. The molecule has 1 aliphatic carbocycles. The van der Waals surface area contributed by atoms with Crippen LogP contribution in [0, 0.1) is 0 Å². The maximum atomic E-state index is 12.4. The number of carbonyl (C=O) groups excluding carboxylic acids is 1. The monoisotopic (exact) mass is 302 g/mol. The molecule has 1 aromatic rings. The number of hydrogen-bond acceptors (Lipinski definition) is 3. The van der Waals surface area contributed by atoms with Gasteiger partial charge in [0.2, 0.25) is 5.91 Å². The average Bonchev–Trinajstić information content (AvgIpc) is 2.95. The highest BCUT2D eigenvalue weighted by Crippen LogP contribution is 2.32. The Hall–Kier alpha value is -1.39. The van der Waals surface area contributed by atoms with Gasteiger partial charge in [0.15, 0.2) is 0 Å². The molecular weight excluding hydrogens is 276 g/mol. The molecule has 0 atom stereocenters. The molecule has 2 fully saturated rings. The van der Waals surface area contributed by atoms with Crippen LogP contribution in [-0.2, 0) is 11.3 Å². The lowest BCUT2D eigenvalue weighted by Crippen LogP contribution is -2.49. The Balaban J connectivity index is 1.46. The van der Waals surface area contributed by atoms with Gasteiger partial charge in [-0.1, -0.05) is 43.2 Å². The number of rotatable bonds is 4. The Morgan fingerprint density at radius 3 is 2.32 bits per heavy atom. The largest absolute Gasteiger partial charge is 0.389 e. The summed E-state index contributed by atoms with van der Waals surface area (Å²) in [6.45, 7) is 4.34. The molecule has 1 heterocycles. The van der Waals surface area contributed by atoms with Crippen molar-refractivity contribution in [3.05, 3.63) is 35.9 Å². The van der Waals surface area contributed by atoms with E-state index >= 15 is 0 Å². The number of aliphatic hydroxyl groups is 1. The summed E-state index contributed by atoms with van der Waals surface area (Å²) in [6.07, 6.45) is 3.98. The molecule has 0 unspecified atom stereocenters. The smallest absolute Gasteiger partial charge is 0.225 e. The minimum atomic E-state index is -0.724. The SMILES string of the molecule is O=C(CC1(O)CCCC1)N1CCN(Cc2ccccc2)CC1. The molecular formula is C18H26N2O2. The van der Waals surface area contributed by atoms with Gasteiger partial charge >= 0.3 is 0 Å². The topological polar surface area (TPSA) is 43.8 Å². The summed E-state index contributed by atoms with van der Waals surface area (Å²) in [6, 6.07) is 10.5. The maximum absolute atomic E-state index is 12.4. The Kier molecular flexibility index (Phi) is 4.79. The van der Waals surface area contributed by atoms with Gasteiger partial charge in [-0.3, -0.25) is 9.69 Å². The highest BCUT2D eigenvalue weighted by Gasteiger charge is 2.35. The van der Waals surface area contributed by atoms with Crippen LogP contribution in [0.1, 0.15) is 37.7 Å². The number of carbonyl (C=O) groups is 1. The molecule has 4 heteroatoms. The molecule has 0 aromatic heterocycles. The first-order chi connectivity index (χ1) is 10.6. The predicted octanol–water partition coefficient (Wildman–Crippen LogP) is 2.03. The van der Waals surface area contributed by atoms with Gasteiger partial charge < -0.3 is 10.0 Å². The van der Waals surface area contributed by atoms with E-state index in [0.29, 0.717) is 6.42 Å². The van der Waals surface area contributed by atoms with Crippen LogP contribution in [0.3, 0.4) is 0 Å². The van der Waals surface area contributed by atoms with Crippen LogP contribution < -0.4 is 0 Å². The minimum absolute atomic E-state index is 0.128.